The fraction of sp³-hybridized carbons (Fsp3) is 0.222. The third-order valence-corrected chi connectivity index (χ3v) is 3.35. The van der Waals surface area contributed by atoms with Crippen LogP contribution in [0.4, 0.5) is 4.39 Å². The van der Waals surface area contributed by atoms with Gasteiger partial charge in [0, 0.05) is 11.4 Å². The molecule has 0 aromatic heterocycles. The van der Waals surface area contributed by atoms with Gasteiger partial charge in [-0.25, -0.2) is 0 Å². The molecule has 0 radical (unpaired) electrons. The number of carbonyl (C=O) groups excluding carboxylic acids is 1. The number of hydrogen-bond donors (Lipinski definition) is 1. The van der Waals surface area contributed by atoms with E-state index in [0.29, 0.717) is 11.3 Å². The van der Waals surface area contributed by atoms with Gasteiger partial charge >= 0.3 is 31.5 Å². The summed E-state index contributed by atoms with van der Waals surface area (Å²) in [6.45, 7) is 1.87. The van der Waals surface area contributed by atoms with Gasteiger partial charge in [0.05, 0.1) is 13.0 Å². The first kappa shape index (κ1) is 20.8. The zero-order valence-electron chi connectivity index (χ0n) is 13.8. The molecule has 0 spiro atoms. The third kappa shape index (κ3) is 5.95. The summed E-state index contributed by atoms with van der Waals surface area (Å²) in [6, 6.07) is 12.0. The van der Waals surface area contributed by atoms with Gasteiger partial charge in [-0.2, -0.15) is 18.2 Å². The predicted molar refractivity (Wildman–Crippen MR) is 85.9 cm³/mol. The number of benzene rings is 2. The molecule has 2 aromatic rings. The van der Waals surface area contributed by atoms with Crippen LogP contribution in [0.25, 0.3) is 0 Å². The summed E-state index contributed by atoms with van der Waals surface area (Å²) in [5.74, 6) is -0.353. The number of rotatable bonds is 1. The summed E-state index contributed by atoms with van der Waals surface area (Å²) >= 11 is -1.08. The van der Waals surface area contributed by atoms with Crippen molar-refractivity contribution < 1.29 is 44.2 Å². The van der Waals surface area contributed by atoms with Gasteiger partial charge in [0.2, 0.25) is 0 Å². The van der Waals surface area contributed by atoms with Crippen molar-refractivity contribution >= 4 is 11.0 Å². The standard InChI is InChI=1S/C11H12O4.C6H4F.CH2.O.Os/c1-6-7-3-4-9(14-2)10(12)8(7)5-15-11(6)13;7-6-4-2-1-3-5-6;;;/h3-4,6,12H,5H2,1-2H3;1-2,4-5H;1H2;;/q;-1;;;. The average molecular weight is 524 g/mol. The normalized spacial score (nSPS) is 14.7. The number of carbonyl (C=O) groups is 1. The maximum atomic E-state index is 11.9. The van der Waals surface area contributed by atoms with Gasteiger partial charge in [-0.1, -0.05) is 6.07 Å². The summed E-state index contributed by atoms with van der Waals surface area (Å²) in [4.78, 5) is 11.3. The van der Waals surface area contributed by atoms with Crippen molar-refractivity contribution in [2.24, 2.45) is 0 Å². The van der Waals surface area contributed by atoms with Crippen LogP contribution < -0.4 is 4.74 Å². The molecule has 0 saturated carbocycles. The van der Waals surface area contributed by atoms with Gasteiger partial charge in [0.1, 0.15) is 6.61 Å². The van der Waals surface area contributed by atoms with Gasteiger partial charge in [0.25, 0.3) is 0 Å². The summed E-state index contributed by atoms with van der Waals surface area (Å²) in [5.41, 5.74) is 1.45. The van der Waals surface area contributed by atoms with E-state index in [1.165, 1.54) is 19.2 Å². The SMILES string of the molecule is COc1ccc2c(c1O)COC(=O)C2C.Fc1c[c-]ccc1.[CH2]=[Os]=[O]. The van der Waals surface area contributed by atoms with E-state index in [0.717, 1.165) is 5.56 Å². The Morgan fingerprint density at radius 2 is 2.12 bits per heavy atom. The van der Waals surface area contributed by atoms with Crippen LogP contribution in [0.2, 0.25) is 0 Å². The van der Waals surface area contributed by atoms with Crippen molar-refractivity contribution in [1.82, 2.24) is 0 Å². The molecule has 1 unspecified atom stereocenters. The minimum atomic E-state index is -1.08. The summed E-state index contributed by atoms with van der Waals surface area (Å²) in [7, 11) is 1.49. The molecule has 1 atom stereocenters. The molecule has 7 heteroatoms. The number of methoxy groups -OCH3 is 1. The van der Waals surface area contributed by atoms with Gasteiger partial charge in [-0.15, -0.1) is 12.1 Å². The second-order valence-electron chi connectivity index (χ2n) is 4.84. The molecule has 5 nitrogen and oxygen atoms in total. The Hall–Kier alpha value is -2.25. The van der Waals surface area contributed by atoms with Crippen LogP contribution in [-0.4, -0.2) is 23.3 Å². The van der Waals surface area contributed by atoms with Gasteiger partial charge in [-0.05, 0) is 18.6 Å². The first-order chi connectivity index (χ1) is 12.0. The van der Waals surface area contributed by atoms with Crippen LogP contribution >= 0.6 is 0 Å². The van der Waals surface area contributed by atoms with E-state index in [-0.39, 0.29) is 30.1 Å². The van der Waals surface area contributed by atoms with Crippen LogP contribution in [0.5, 0.6) is 11.5 Å². The Bertz CT molecular complexity index is 743. The van der Waals surface area contributed by atoms with E-state index in [1.807, 2.05) is 0 Å². The fourth-order valence-electron chi connectivity index (χ4n) is 2.12. The Morgan fingerprint density at radius 3 is 2.60 bits per heavy atom. The Balaban J connectivity index is 0.000000260. The molecule has 0 fully saturated rings. The maximum absolute atomic E-state index is 11.9. The second kappa shape index (κ2) is 10.6. The number of hydrogen-bond acceptors (Lipinski definition) is 5. The molecule has 0 aliphatic carbocycles. The molecule has 0 saturated heterocycles. The summed E-state index contributed by atoms with van der Waals surface area (Å²) < 4.78 is 30.8. The first-order valence-electron chi connectivity index (χ1n) is 7.11. The number of cyclic esters (lactones) is 1. The Labute approximate surface area is 153 Å². The molecule has 3 rings (SSSR count). The third-order valence-electron chi connectivity index (χ3n) is 3.35. The van der Waals surface area contributed by atoms with E-state index < -0.39 is 16.9 Å². The molecule has 136 valence electrons. The molecular weight excluding hydrogens is 505 g/mol. The minimum absolute atomic E-state index is 0.0642. The molecule has 1 aliphatic heterocycles. The van der Waals surface area contributed by atoms with Crippen LogP contribution in [0.3, 0.4) is 0 Å². The number of esters is 1. The van der Waals surface area contributed by atoms with Crippen molar-refractivity contribution in [3.05, 3.63) is 59.4 Å². The molecule has 0 bridgehead atoms. The fourth-order valence-corrected chi connectivity index (χ4v) is 2.12. The Morgan fingerprint density at radius 1 is 1.44 bits per heavy atom. The zero-order valence-corrected chi connectivity index (χ0v) is 16.3. The molecule has 0 amide bonds. The summed E-state index contributed by atoms with van der Waals surface area (Å²) in [5, 5.41) is 12.9. The molecular formula is C18H18FO5Os-. The van der Waals surface area contributed by atoms with E-state index in [1.54, 1.807) is 31.2 Å². The van der Waals surface area contributed by atoms with Crippen molar-refractivity contribution in [3.63, 3.8) is 0 Å². The van der Waals surface area contributed by atoms with Gasteiger partial charge in [0.15, 0.2) is 11.5 Å². The Kier molecular flexibility index (Phi) is 8.80. The molecule has 1 N–H and O–H groups in total. The van der Waals surface area contributed by atoms with E-state index in [4.69, 9.17) is 13.0 Å². The van der Waals surface area contributed by atoms with Crippen LogP contribution in [0.1, 0.15) is 24.0 Å². The quantitative estimate of drug-likeness (QED) is 0.460. The number of phenols is 1. The number of fused-ring (bicyclic) bond motifs is 1. The van der Waals surface area contributed by atoms with Crippen molar-refractivity contribution in [2.45, 2.75) is 19.4 Å². The van der Waals surface area contributed by atoms with Crippen LogP contribution in [0, 0.1) is 11.9 Å². The zero-order chi connectivity index (χ0) is 18.8. The predicted octanol–water partition coefficient (Wildman–Crippen LogP) is 3.03. The van der Waals surface area contributed by atoms with E-state index in [2.05, 4.69) is 11.1 Å². The van der Waals surface area contributed by atoms with E-state index >= 15 is 0 Å². The van der Waals surface area contributed by atoms with Crippen molar-refractivity contribution in [1.29, 1.82) is 0 Å². The number of ether oxygens (including phenoxy) is 2. The average Bonchev–Trinajstić information content (AvgIpc) is 2.61. The monoisotopic (exact) mass is 525 g/mol. The van der Waals surface area contributed by atoms with E-state index in [9.17, 15) is 14.3 Å². The number of halogens is 1. The topological polar surface area (TPSA) is 72.8 Å². The first-order valence-corrected chi connectivity index (χ1v) is 9.94. The molecule has 1 heterocycles. The number of aromatic hydroxyl groups is 1. The van der Waals surface area contributed by atoms with Gasteiger partial charge in [-0.3, -0.25) is 9.18 Å². The summed E-state index contributed by atoms with van der Waals surface area (Å²) in [6.07, 6.45) is 0. The van der Waals surface area contributed by atoms with Crippen molar-refractivity contribution in [2.75, 3.05) is 7.11 Å². The molecule has 2 aromatic carbocycles. The second-order valence-corrected chi connectivity index (χ2v) is 5.57. The van der Waals surface area contributed by atoms with Crippen LogP contribution in [0.15, 0.2) is 36.4 Å². The number of phenolic OH excluding ortho intramolecular Hbond substituents is 1. The molecule has 1 aliphatic rings. The van der Waals surface area contributed by atoms with Crippen molar-refractivity contribution in [3.8, 4) is 11.5 Å². The molecule has 25 heavy (non-hydrogen) atoms. The van der Waals surface area contributed by atoms with Gasteiger partial charge < -0.3 is 14.6 Å². The van der Waals surface area contributed by atoms with Crippen LogP contribution in [-0.2, 0) is 36.6 Å².